The maximum absolute atomic E-state index is 11.3. The molecule has 2 aromatic carbocycles. The number of aromatic carboxylic acids is 4. The first-order valence-electron chi connectivity index (χ1n) is 7.81. The first-order chi connectivity index (χ1) is 12.6. The van der Waals surface area contributed by atoms with E-state index in [-0.39, 0.29) is 28.2 Å². The Kier molecular flexibility index (Phi) is 5.60. The van der Waals surface area contributed by atoms with Gasteiger partial charge in [0.15, 0.2) is 0 Å². The molecule has 0 amide bonds. The first-order valence-corrected chi connectivity index (χ1v) is 7.81. The van der Waals surface area contributed by atoms with Gasteiger partial charge in [0.05, 0.1) is 22.3 Å². The molecule has 8 nitrogen and oxygen atoms in total. The number of carboxylic acid groups (broad SMARTS) is 4. The second-order valence-corrected chi connectivity index (χ2v) is 6.01. The van der Waals surface area contributed by atoms with E-state index in [1.54, 1.807) is 6.92 Å². The lowest BCUT2D eigenvalue weighted by molar-refractivity contribution is 0.0651. The van der Waals surface area contributed by atoms with Gasteiger partial charge in [-0.2, -0.15) is 0 Å². The van der Waals surface area contributed by atoms with Crippen molar-refractivity contribution in [1.82, 2.24) is 0 Å². The summed E-state index contributed by atoms with van der Waals surface area (Å²) >= 11 is 0. The van der Waals surface area contributed by atoms with Crippen LogP contribution >= 0.6 is 0 Å². The lowest BCUT2D eigenvalue weighted by atomic mass is 9.90. The van der Waals surface area contributed by atoms with Crippen LogP contribution in [0.1, 0.15) is 65.4 Å². The minimum atomic E-state index is -1.36. The molecule has 140 valence electrons. The van der Waals surface area contributed by atoms with Crippen molar-refractivity contribution < 1.29 is 39.6 Å². The molecular formula is C19H16O8. The van der Waals surface area contributed by atoms with Gasteiger partial charge in [0, 0.05) is 0 Å². The van der Waals surface area contributed by atoms with Gasteiger partial charge in [0.2, 0.25) is 0 Å². The molecule has 0 aromatic heterocycles. The molecule has 0 aliphatic heterocycles. The predicted octanol–water partition coefficient (Wildman–Crippen LogP) is 2.83. The molecule has 27 heavy (non-hydrogen) atoms. The molecule has 8 heteroatoms. The molecule has 0 saturated carbocycles. The van der Waals surface area contributed by atoms with Gasteiger partial charge in [-0.25, -0.2) is 19.2 Å². The Labute approximate surface area is 153 Å². The van der Waals surface area contributed by atoms with Crippen molar-refractivity contribution in [3.05, 3.63) is 69.8 Å². The summed E-state index contributed by atoms with van der Waals surface area (Å²) in [6.45, 7) is 1.77. The Morgan fingerprint density at radius 3 is 1.63 bits per heavy atom. The molecule has 0 spiro atoms. The Morgan fingerprint density at radius 1 is 0.704 bits per heavy atom. The summed E-state index contributed by atoms with van der Waals surface area (Å²) in [7, 11) is 0. The largest absolute Gasteiger partial charge is 0.478 e. The van der Waals surface area contributed by atoms with E-state index in [4.69, 9.17) is 10.2 Å². The van der Waals surface area contributed by atoms with Gasteiger partial charge < -0.3 is 20.4 Å². The molecule has 1 unspecified atom stereocenters. The highest BCUT2D eigenvalue weighted by Crippen LogP contribution is 2.25. The van der Waals surface area contributed by atoms with E-state index in [2.05, 4.69) is 0 Å². The third kappa shape index (κ3) is 4.30. The predicted molar refractivity (Wildman–Crippen MR) is 92.8 cm³/mol. The van der Waals surface area contributed by atoms with E-state index >= 15 is 0 Å². The average molecular weight is 372 g/mol. The van der Waals surface area contributed by atoms with Crippen LogP contribution in [0.3, 0.4) is 0 Å². The number of hydrogen-bond donors (Lipinski definition) is 4. The number of hydrogen-bond acceptors (Lipinski definition) is 4. The van der Waals surface area contributed by atoms with Gasteiger partial charge >= 0.3 is 23.9 Å². The number of carbonyl (C=O) groups is 4. The smallest absolute Gasteiger partial charge is 0.336 e. The first kappa shape index (κ1) is 19.6. The minimum Gasteiger partial charge on any atom is -0.478 e. The lowest BCUT2D eigenvalue weighted by Gasteiger charge is -2.15. The maximum Gasteiger partial charge on any atom is 0.336 e. The summed E-state index contributed by atoms with van der Waals surface area (Å²) < 4.78 is 0. The van der Waals surface area contributed by atoms with Crippen molar-refractivity contribution in [3.63, 3.8) is 0 Å². The van der Waals surface area contributed by atoms with Crippen molar-refractivity contribution in [2.45, 2.75) is 19.3 Å². The van der Waals surface area contributed by atoms with Crippen LogP contribution in [0.5, 0.6) is 0 Å². The second kappa shape index (κ2) is 7.69. The van der Waals surface area contributed by atoms with Gasteiger partial charge in [-0.15, -0.1) is 0 Å². The molecule has 4 N–H and O–H groups in total. The molecule has 2 rings (SSSR count). The summed E-state index contributed by atoms with van der Waals surface area (Å²) in [5, 5.41) is 36.5. The van der Waals surface area contributed by atoms with Crippen molar-refractivity contribution in [2.24, 2.45) is 0 Å². The summed E-state index contributed by atoms with van der Waals surface area (Å²) in [4.78, 5) is 44.8. The molecule has 0 aliphatic rings. The van der Waals surface area contributed by atoms with Crippen LogP contribution in [-0.4, -0.2) is 44.3 Å². The summed E-state index contributed by atoms with van der Waals surface area (Å²) in [6.07, 6.45) is 0.311. The van der Waals surface area contributed by atoms with Gasteiger partial charge in [-0.3, -0.25) is 0 Å². The molecule has 0 saturated heterocycles. The standard InChI is InChI=1S/C19H16O8/c1-9(11-3-5-13(17(22)23)15(8-11)19(26)27)6-10-2-4-12(16(20)21)14(7-10)18(24)25/h2-5,7-9H,6H2,1H3,(H,20,21)(H,22,23)(H,24,25)(H,26,27). The quantitative estimate of drug-likeness (QED) is 0.579. The van der Waals surface area contributed by atoms with E-state index in [9.17, 15) is 29.4 Å². The van der Waals surface area contributed by atoms with Crippen LogP contribution in [0.15, 0.2) is 36.4 Å². The highest BCUT2D eigenvalue weighted by Gasteiger charge is 2.20. The molecule has 0 heterocycles. The normalized spacial score (nSPS) is 11.6. The molecule has 1 atom stereocenters. The second-order valence-electron chi connectivity index (χ2n) is 6.01. The maximum atomic E-state index is 11.3. The number of carboxylic acids is 4. The molecular weight excluding hydrogens is 356 g/mol. The molecule has 0 fully saturated rings. The highest BCUT2D eigenvalue weighted by atomic mass is 16.4. The number of rotatable bonds is 7. The Bertz CT molecular complexity index is 945. The van der Waals surface area contributed by atoms with Crippen molar-refractivity contribution in [3.8, 4) is 0 Å². The fourth-order valence-corrected chi connectivity index (χ4v) is 2.79. The van der Waals surface area contributed by atoms with E-state index in [0.29, 0.717) is 17.5 Å². The van der Waals surface area contributed by atoms with Crippen LogP contribution < -0.4 is 0 Å². The lowest BCUT2D eigenvalue weighted by Crippen LogP contribution is -2.11. The van der Waals surface area contributed by atoms with Crippen LogP contribution in [0, 0.1) is 0 Å². The van der Waals surface area contributed by atoms with Gasteiger partial charge in [0.25, 0.3) is 0 Å². The van der Waals surface area contributed by atoms with E-state index in [1.165, 1.54) is 36.4 Å². The van der Waals surface area contributed by atoms with Crippen LogP contribution in [0.25, 0.3) is 0 Å². The topological polar surface area (TPSA) is 149 Å². The Hall–Kier alpha value is -3.68. The number of benzene rings is 2. The third-order valence-corrected chi connectivity index (χ3v) is 4.16. The monoisotopic (exact) mass is 372 g/mol. The van der Waals surface area contributed by atoms with Gasteiger partial charge in [-0.05, 0) is 47.7 Å². The summed E-state index contributed by atoms with van der Waals surface area (Å²) in [5.74, 6) is -5.67. The average Bonchev–Trinajstić information content (AvgIpc) is 2.60. The molecule has 0 bridgehead atoms. The zero-order chi connectivity index (χ0) is 20.3. The van der Waals surface area contributed by atoms with Gasteiger partial charge in [0.1, 0.15) is 0 Å². The highest BCUT2D eigenvalue weighted by molar-refractivity contribution is 6.02. The van der Waals surface area contributed by atoms with Crippen LogP contribution in [0.2, 0.25) is 0 Å². The summed E-state index contributed by atoms with van der Waals surface area (Å²) in [5.41, 5.74) is -0.185. The molecule has 0 aliphatic carbocycles. The van der Waals surface area contributed by atoms with E-state index < -0.39 is 23.9 Å². The third-order valence-electron chi connectivity index (χ3n) is 4.16. The van der Waals surface area contributed by atoms with Crippen molar-refractivity contribution in [2.75, 3.05) is 0 Å². The zero-order valence-electron chi connectivity index (χ0n) is 14.2. The van der Waals surface area contributed by atoms with Crippen LogP contribution in [-0.2, 0) is 6.42 Å². The van der Waals surface area contributed by atoms with Crippen LogP contribution in [0.4, 0.5) is 0 Å². The zero-order valence-corrected chi connectivity index (χ0v) is 14.2. The fraction of sp³-hybridized carbons (Fsp3) is 0.158. The van der Waals surface area contributed by atoms with E-state index in [1.807, 2.05) is 0 Å². The van der Waals surface area contributed by atoms with Crippen molar-refractivity contribution >= 4 is 23.9 Å². The van der Waals surface area contributed by atoms with Crippen molar-refractivity contribution in [1.29, 1.82) is 0 Å². The Balaban J connectivity index is 2.36. The molecule has 2 aromatic rings. The fourth-order valence-electron chi connectivity index (χ4n) is 2.79. The summed E-state index contributed by atoms with van der Waals surface area (Å²) in [6, 6.07) is 7.98. The minimum absolute atomic E-state index is 0.261. The Morgan fingerprint density at radius 2 is 1.15 bits per heavy atom. The van der Waals surface area contributed by atoms with E-state index in [0.717, 1.165) is 0 Å². The van der Waals surface area contributed by atoms with Gasteiger partial charge in [-0.1, -0.05) is 19.1 Å². The molecule has 0 radical (unpaired) electrons. The SMILES string of the molecule is CC(Cc1ccc(C(=O)O)c(C(=O)O)c1)c1ccc(C(=O)O)c(C(=O)O)c1.